The Labute approximate surface area is 120 Å². The van der Waals surface area contributed by atoms with E-state index in [1.807, 2.05) is 0 Å². The second-order valence-electron chi connectivity index (χ2n) is 4.91. The van der Waals surface area contributed by atoms with Gasteiger partial charge < -0.3 is 5.11 Å². The smallest absolute Gasteiger partial charge is 0.332 e. The Balaban J connectivity index is 3.41. The average Bonchev–Trinajstić information content (AvgIpc) is 2.35. The van der Waals surface area contributed by atoms with Crippen LogP contribution in [0.15, 0.2) is 10.1 Å². The lowest BCUT2D eigenvalue weighted by Crippen LogP contribution is -1.98. The summed E-state index contributed by atoms with van der Waals surface area (Å²) in [5.74, 6) is -0.821. The fourth-order valence-corrected chi connectivity index (χ4v) is 2.34. The highest BCUT2D eigenvalue weighted by Crippen LogP contribution is 2.20. The molecule has 0 aliphatic rings. The van der Waals surface area contributed by atoms with Crippen molar-refractivity contribution in [3.8, 4) is 0 Å². The van der Waals surface area contributed by atoms with Crippen molar-refractivity contribution in [3.05, 3.63) is 10.1 Å². The number of hydrogen-bond donors (Lipinski definition) is 1. The van der Waals surface area contributed by atoms with Crippen LogP contribution < -0.4 is 0 Å². The van der Waals surface area contributed by atoms with Gasteiger partial charge in [-0.1, -0.05) is 74.2 Å². The van der Waals surface area contributed by atoms with Crippen molar-refractivity contribution < 1.29 is 9.90 Å². The minimum atomic E-state index is -0.821. The number of rotatable bonds is 11. The molecule has 0 aliphatic heterocycles. The summed E-state index contributed by atoms with van der Waals surface area (Å²) in [6, 6.07) is 0. The molecule has 0 aromatic carbocycles. The molecule has 0 amide bonds. The number of aliphatic carboxylic acids is 1. The van der Waals surface area contributed by atoms with Crippen molar-refractivity contribution in [2.45, 2.75) is 78.1 Å². The summed E-state index contributed by atoms with van der Waals surface area (Å²) in [5.41, 5.74) is 0.439. The van der Waals surface area contributed by atoms with Crippen LogP contribution in [-0.4, -0.2) is 11.1 Å². The molecule has 0 aromatic rings. The molecule has 0 aromatic heterocycles. The van der Waals surface area contributed by atoms with Crippen LogP contribution in [-0.2, 0) is 4.79 Å². The molecule has 18 heavy (non-hydrogen) atoms. The summed E-state index contributed by atoms with van der Waals surface area (Å²) >= 11 is 3.35. The fourth-order valence-electron chi connectivity index (χ4n) is 1.89. The Hall–Kier alpha value is -0.310. The van der Waals surface area contributed by atoms with E-state index in [4.69, 9.17) is 5.11 Å². The maximum atomic E-state index is 10.7. The zero-order valence-corrected chi connectivity index (χ0v) is 13.4. The van der Waals surface area contributed by atoms with Crippen molar-refractivity contribution >= 4 is 21.9 Å². The van der Waals surface area contributed by atoms with Gasteiger partial charge in [-0.2, -0.15) is 0 Å². The Bertz CT molecular complexity index is 259. The summed E-state index contributed by atoms with van der Waals surface area (Å²) in [7, 11) is 0. The maximum absolute atomic E-state index is 10.7. The number of carboxylic acid groups (broad SMARTS) is 1. The molecule has 0 unspecified atom stereocenters. The zero-order chi connectivity index (χ0) is 13.8. The first-order valence-corrected chi connectivity index (χ1v) is 7.97. The van der Waals surface area contributed by atoms with E-state index in [1.165, 1.54) is 51.4 Å². The molecule has 2 nitrogen and oxygen atoms in total. The average molecular weight is 319 g/mol. The van der Waals surface area contributed by atoms with Crippen molar-refractivity contribution in [2.75, 3.05) is 0 Å². The Kier molecular flexibility index (Phi) is 11.6. The minimum Gasteiger partial charge on any atom is -0.478 e. The van der Waals surface area contributed by atoms with Gasteiger partial charge in [-0.15, -0.1) is 0 Å². The fraction of sp³-hybridized carbons (Fsp3) is 0.800. The SMILES string of the molecule is CCCCCCCCCCC/C(Br)=C(/C)C(=O)O. The molecule has 0 fully saturated rings. The van der Waals surface area contributed by atoms with Gasteiger partial charge in [0.25, 0.3) is 0 Å². The summed E-state index contributed by atoms with van der Waals surface area (Å²) in [5, 5.41) is 8.81. The van der Waals surface area contributed by atoms with Crippen molar-refractivity contribution in [1.29, 1.82) is 0 Å². The molecule has 0 rings (SSSR count). The van der Waals surface area contributed by atoms with Gasteiger partial charge in [0.15, 0.2) is 0 Å². The van der Waals surface area contributed by atoms with E-state index in [1.54, 1.807) is 6.92 Å². The third kappa shape index (κ3) is 9.69. The van der Waals surface area contributed by atoms with Gasteiger partial charge >= 0.3 is 5.97 Å². The van der Waals surface area contributed by atoms with Crippen LogP contribution in [0.2, 0.25) is 0 Å². The molecular weight excluding hydrogens is 292 g/mol. The molecule has 0 atom stereocenters. The van der Waals surface area contributed by atoms with E-state index < -0.39 is 5.97 Å². The molecule has 0 heterocycles. The normalized spacial score (nSPS) is 12.4. The zero-order valence-electron chi connectivity index (χ0n) is 11.8. The van der Waals surface area contributed by atoms with E-state index in [9.17, 15) is 4.79 Å². The highest BCUT2D eigenvalue weighted by molar-refractivity contribution is 9.11. The van der Waals surface area contributed by atoms with Crippen LogP contribution in [0.5, 0.6) is 0 Å². The predicted octanol–water partition coefficient (Wildman–Crippen LogP) is 5.66. The highest BCUT2D eigenvalue weighted by atomic mass is 79.9. The standard InChI is InChI=1S/C15H27BrO2/c1-3-4-5-6-7-8-9-10-11-12-14(16)13(2)15(17)18/h3-12H2,1-2H3,(H,17,18)/b14-13+. The first-order valence-electron chi connectivity index (χ1n) is 7.18. The van der Waals surface area contributed by atoms with Crippen LogP contribution in [0.4, 0.5) is 0 Å². The number of carbonyl (C=O) groups is 1. The topological polar surface area (TPSA) is 37.3 Å². The number of halogens is 1. The molecule has 0 spiro atoms. The molecule has 0 saturated carbocycles. The van der Waals surface area contributed by atoms with Gasteiger partial charge in [0.05, 0.1) is 0 Å². The summed E-state index contributed by atoms with van der Waals surface area (Å²) in [6.07, 6.45) is 12.5. The third-order valence-corrected chi connectivity index (χ3v) is 4.22. The van der Waals surface area contributed by atoms with Crippen LogP contribution >= 0.6 is 15.9 Å². The molecule has 0 bridgehead atoms. The molecule has 0 aliphatic carbocycles. The monoisotopic (exact) mass is 318 g/mol. The van der Waals surface area contributed by atoms with E-state index >= 15 is 0 Å². The van der Waals surface area contributed by atoms with Crippen molar-refractivity contribution in [2.24, 2.45) is 0 Å². The summed E-state index contributed by atoms with van der Waals surface area (Å²) in [4.78, 5) is 10.7. The van der Waals surface area contributed by atoms with E-state index in [2.05, 4.69) is 22.9 Å². The minimum absolute atomic E-state index is 0.439. The van der Waals surface area contributed by atoms with Gasteiger partial charge in [0.1, 0.15) is 0 Å². The summed E-state index contributed by atoms with van der Waals surface area (Å²) in [6.45, 7) is 3.89. The van der Waals surface area contributed by atoms with E-state index in [-0.39, 0.29) is 0 Å². The lowest BCUT2D eigenvalue weighted by atomic mass is 10.1. The van der Waals surface area contributed by atoms with E-state index in [0.29, 0.717) is 5.57 Å². The van der Waals surface area contributed by atoms with Crippen molar-refractivity contribution in [3.63, 3.8) is 0 Å². The van der Waals surface area contributed by atoms with Crippen LogP contribution in [0.1, 0.15) is 78.1 Å². The highest BCUT2D eigenvalue weighted by Gasteiger charge is 2.05. The summed E-state index contributed by atoms with van der Waals surface area (Å²) < 4.78 is 0.845. The lowest BCUT2D eigenvalue weighted by molar-refractivity contribution is -0.132. The first kappa shape index (κ1) is 17.7. The molecule has 0 radical (unpaired) electrons. The molecule has 3 heteroatoms. The third-order valence-electron chi connectivity index (χ3n) is 3.23. The van der Waals surface area contributed by atoms with Crippen LogP contribution in [0, 0.1) is 0 Å². The van der Waals surface area contributed by atoms with Gasteiger partial charge in [-0.05, 0) is 19.8 Å². The molecular formula is C15H27BrO2. The maximum Gasteiger partial charge on any atom is 0.332 e. The number of hydrogen-bond acceptors (Lipinski definition) is 1. The van der Waals surface area contributed by atoms with Crippen LogP contribution in [0.25, 0.3) is 0 Å². The van der Waals surface area contributed by atoms with Crippen LogP contribution in [0.3, 0.4) is 0 Å². The van der Waals surface area contributed by atoms with Crippen molar-refractivity contribution in [1.82, 2.24) is 0 Å². The number of carboxylic acids is 1. The number of unbranched alkanes of at least 4 members (excludes halogenated alkanes) is 8. The lowest BCUT2D eigenvalue weighted by Gasteiger charge is -2.03. The quantitative estimate of drug-likeness (QED) is 0.394. The van der Waals surface area contributed by atoms with E-state index in [0.717, 1.165) is 17.3 Å². The molecule has 1 N–H and O–H groups in total. The van der Waals surface area contributed by atoms with Gasteiger partial charge in [-0.3, -0.25) is 0 Å². The second kappa shape index (κ2) is 11.8. The first-order chi connectivity index (χ1) is 8.59. The molecule has 0 saturated heterocycles. The van der Waals surface area contributed by atoms with Gasteiger partial charge in [0.2, 0.25) is 0 Å². The second-order valence-corrected chi connectivity index (χ2v) is 5.87. The molecule has 106 valence electrons. The predicted molar refractivity (Wildman–Crippen MR) is 81.1 cm³/mol. The largest absolute Gasteiger partial charge is 0.478 e. The Morgan fingerprint density at radius 1 is 0.944 bits per heavy atom. The Morgan fingerprint density at radius 2 is 1.39 bits per heavy atom. The van der Waals surface area contributed by atoms with Gasteiger partial charge in [-0.25, -0.2) is 4.79 Å². The van der Waals surface area contributed by atoms with Gasteiger partial charge in [0, 0.05) is 10.1 Å². The Morgan fingerprint density at radius 3 is 1.83 bits per heavy atom. The number of allylic oxidation sites excluding steroid dienone is 1.